The molecule has 0 aromatic heterocycles. The van der Waals surface area contributed by atoms with Crippen LogP contribution in [0.4, 0.5) is 11.4 Å². The second-order valence-corrected chi connectivity index (χ2v) is 5.24. The van der Waals surface area contributed by atoms with Gasteiger partial charge in [0, 0.05) is 17.8 Å². The Morgan fingerprint density at radius 1 is 1.25 bits per heavy atom. The summed E-state index contributed by atoms with van der Waals surface area (Å²) in [6, 6.07) is 11.7. The third-order valence-corrected chi connectivity index (χ3v) is 3.56. The van der Waals surface area contributed by atoms with E-state index in [1.165, 1.54) is 6.07 Å². The summed E-state index contributed by atoms with van der Waals surface area (Å²) >= 11 is 3.19. The highest BCUT2D eigenvalue weighted by Gasteiger charge is 2.13. The molecule has 1 atom stereocenters. The van der Waals surface area contributed by atoms with E-state index in [1.54, 1.807) is 24.3 Å². The van der Waals surface area contributed by atoms with Gasteiger partial charge in [0.25, 0.3) is 5.69 Å². The number of halogens is 1. The number of phenolic OH excluding ortho intramolecular Hbond substituents is 1. The van der Waals surface area contributed by atoms with Crippen molar-refractivity contribution in [1.29, 1.82) is 0 Å². The summed E-state index contributed by atoms with van der Waals surface area (Å²) in [5.74, 6) is 0.221. The highest BCUT2D eigenvalue weighted by molar-refractivity contribution is 9.10. The van der Waals surface area contributed by atoms with E-state index in [2.05, 4.69) is 21.2 Å². The van der Waals surface area contributed by atoms with Gasteiger partial charge in [-0.05, 0) is 52.7 Å². The molecule has 104 valence electrons. The van der Waals surface area contributed by atoms with Gasteiger partial charge in [0.15, 0.2) is 0 Å². The van der Waals surface area contributed by atoms with Crippen LogP contribution in [0, 0.1) is 10.1 Å². The standard InChI is InChI=1S/C14H13BrN2O3/c1-9(10-2-5-12(18)6-3-10)16-11-4-7-14(17(19)20)13(15)8-11/h2-9,16,18H,1H3. The van der Waals surface area contributed by atoms with Gasteiger partial charge < -0.3 is 10.4 Å². The fourth-order valence-electron chi connectivity index (χ4n) is 1.84. The number of phenols is 1. The Kier molecular flexibility index (Phi) is 4.24. The lowest BCUT2D eigenvalue weighted by atomic mass is 10.1. The van der Waals surface area contributed by atoms with Gasteiger partial charge in [-0.1, -0.05) is 12.1 Å². The van der Waals surface area contributed by atoms with Gasteiger partial charge in [-0.15, -0.1) is 0 Å². The van der Waals surface area contributed by atoms with Gasteiger partial charge in [-0.3, -0.25) is 10.1 Å². The van der Waals surface area contributed by atoms with Crippen LogP contribution in [0.25, 0.3) is 0 Å². The monoisotopic (exact) mass is 336 g/mol. The summed E-state index contributed by atoms with van der Waals surface area (Å²) in [6.45, 7) is 1.97. The quantitative estimate of drug-likeness (QED) is 0.646. The number of rotatable bonds is 4. The third kappa shape index (κ3) is 3.27. The molecule has 2 rings (SSSR count). The van der Waals surface area contributed by atoms with Crippen molar-refractivity contribution in [2.45, 2.75) is 13.0 Å². The first-order valence-electron chi connectivity index (χ1n) is 5.97. The van der Waals surface area contributed by atoms with E-state index in [4.69, 9.17) is 0 Å². The van der Waals surface area contributed by atoms with Crippen LogP contribution in [0.3, 0.4) is 0 Å². The molecule has 0 amide bonds. The molecule has 2 N–H and O–H groups in total. The van der Waals surface area contributed by atoms with Gasteiger partial charge >= 0.3 is 0 Å². The molecule has 1 unspecified atom stereocenters. The van der Waals surface area contributed by atoms with Crippen molar-refractivity contribution in [2.75, 3.05) is 5.32 Å². The summed E-state index contributed by atoms with van der Waals surface area (Å²) < 4.78 is 0.436. The first kappa shape index (κ1) is 14.3. The first-order chi connectivity index (χ1) is 9.47. The minimum absolute atomic E-state index is 0.0176. The highest BCUT2D eigenvalue weighted by Crippen LogP contribution is 2.29. The summed E-state index contributed by atoms with van der Waals surface area (Å²) in [7, 11) is 0. The van der Waals surface area contributed by atoms with Crippen molar-refractivity contribution in [3.05, 3.63) is 62.6 Å². The van der Waals surface area contributed by atoms with Crippen LogP contribution in [0.15, 0.2) is 46.9 Å². The average molecular weight is 337 g/mol. The van der Waals surface area contributed by atoms with Gasteiger partial charge in [-0.25, -0.2) is 0 Å². The zero-order valence-corrected chi connectivity index (χ0v) is 12.3. The molecule has 5 nitrogen and oxygen atoms in total. The SMILES string of the molecule is CC(Nc1ccc([N+](=O)[O-])c(Br)c1)c1ccc(O)cc1. The molecule has 0 aliphatic rings. The maximum atomic E-state index is 10.7. The number of nitro benzene ring substituents is 1. The zero-order valence-electron chi connectivity index (χ0n) is 10.7. The Hall–Kier alpha value is -2.08. The number of hydrogen-bond acceptors (Lipinski definition) is 4. The lowest BCUT2D eigenvalue weighted by Gasteiger charge is -2.16. The number of hydrogen-bond donors (Lipinski definition) is 2. The molecule has 20 heavy (non-hydrogen) atoms. The lowest BCUT2D eigenvalue weighted by molar-refractivity contribution is -0.385. The Morgan fingerprint density at radius 3 is 2.45 bits per heavy atom. The Bertz CT molecular complexity index is 629. The van der Waals surface area contributed by atoms with E-state index in [0.717, 1.165) is 11.3 Å². The average Bonchev–Trinajstić information content (AvgIpc) is 2.39. The molecule has 0 radical (unpaired) electrons. The molecular weight excluding hydrogens is 324 g/mol. The summed E-state index contributed by atoms with van der Waals surface area (Å²) in [6.07, 6.45) is 0. The number of anilines is 1. The van der Waals surface area contributed by atoms with E-state index < -0.39 is 4.92 Å². The van der Waals surface area contributed by atoms with Crippen LogP contribution < -0.4 is 5.32 Å². The van der Waals surface area contributed by atoms with Crippen molar-refractivity contribution in [3.63, 3.8) is 0 Å². The molecule has 2 aromatic rings. The van der Waals surface area contributed by atoms with Crippen LogP contribution in [0.2, 0.25) is 0 Å². The van der Waals surface area contributed by atoms with Crippen LogP contribution in [-0.2, 0) is 0 Å². The summed E-state index contributed by atoms with van der Waals surface area (Å²) in [4.78, 5) is 10.3. The summed E-state index contributed by atoms with van der Waals surface area (Å²) in [5.41, 5.74) is 1.83. The maximum absolute atomic E-state index is 10.7. The van der Waals surface area contributed by atoms with E-state index >= 15 is 0 Å². The minimum atomic E-state index is -0.433. The molecule has 0 aliphatic heterocycles. The number of benzene rings is 2. The van der Waals surface area contributed by atoms with Crippen molar-refractivity contribution in [3.8, 4) is 5.75 Å². The maximum Gasteiger partial charge on any atom is 0.283 e. The van der Waals surface area contributed by atoms with E-state index in [1.807, 2.05) is 19.1 Å². The molecule has 2 aromatic carbocycles. The molecule has 0 aliphatic carbocycles. The van der Waals surface area contributed by atoms with Crippen LogP contribution in [-0.4, -0.2) is 10.0 Å². The predicted molar refractivity (Wildman–Crippen MR) is 80.9 cm³/mol. The molecule has 0 bridgehead atoms. The molecular formula is C14H13BrN2O3. The number of nitrogens with zero attached hydrogens (tertiary/aromatic N) is 1. The van der Waals surface area contributed by atoms with Gasteiger partial charge in [0.2, 0.25) is 0 Å². The fourth-order valence-corrected chi connectivity index (χ4v) is 2.36. The molecule has 0 saturated heterocycles. The van der Waals surface area contributed by atoms with Gasteiger partial charge in [0.05, 0.1) is 9.40 Å². The topological polar surface area (TPSA) is 75.4 Å². The highest BCUT2D eigenvalue weighted by atomic mass is 79.9. The van der Waals surface area contributed by atoms with Crippen LogP contribution >= 0.6 is 15.9 Å². The Labute approximate surface area is 124 Å². The summed E-state index contributed by atoms with van der Waals surface area (Å²) in [5, 5.41) is 23.2. The third-order valence-electron chi connectivity index (χ3n) is 2.92. The normalized spacial score (nSPS) is 11.9. The van der Waals surface area contributed by atoms with Crippen molar-refractivity contribution in [2.24, 2.45) is 0 Å². The molecule has 0 fully saturated rings. The first-order valence-corrected chi connectivity index (χ1v) is 6.76. The van der Waals surface area contributed by atoms with Crippen molar-refractivity contribution in [1.82, 2.24) is 0 Å². The van der Waals surface area contributed by atoms with Gasteiger partial charge in [0.1, 0.15) is 5.75 Å². The van der Waals surface area contributed by atoms with E-state index in [-0.39, 0.29) is 17.5 Å². The lowest BCUT2D eigenvalue weighted by Crippen LogP contribution is -2.06. The van der Waals surface area contributed by atoms with Crippen molar-refractivity contribution < 1.29 is 10.0 Å². The number of nitro groups is 1. The Morgan fingerprint density at radius 2 is 1.90 bits per heavy atom. The molecule has 6 heteroatoms. The smallest absolute Gasteiger partial charge is 0.283 e. The minimum Gasteiger partial charge on any atom is -0.508 e. The predicted octanol–water partition coefficient (Wildman–Crippen LogP) is 4.24. The number of aromatic hydroxyl groups is 1. The largest absolute Gasteiger partial charge is 0.508 e. The second-order valence-electron chi connectivity index (χ2n) is 4.38. The van der Waals surface area contributed by atoms with E-state index in [9.17, 15) is 15.2 Å². The van der Waals surface area contributed by atoms with Crippen molar-refractivity contribution >= 4 is 27.3 Å². The second kappa shape index (κ2) is 5.92. The van der Waals surface area contributed by atoms with Crippen LogP contribution in [0.5, 0.6) is 5.75 Å². The zero-order chi connectivity index (χ0) is 14.7. The van der Waals surface area contributed by atoms with Crippen LogP contribution in [0.1, 0.15) is 18.5 Å². The Balaban J connectivity index is 2.15. The number of nitrogens with one attached hydrogen (secondary N) is 1. The molecule has 0 heterocycles. The van der Waals surface area contributed by atoms with E-state index in [0.29, 0.717) is 4.47 Å². The fraction of sp³-hybridized carbons (Fsp3) is 0.143. The molecule has 0 saturated carbocycles. The molecule has 0 spiro atoms. The van der Waals surface area contributed by atoms with Gasteiger partial charge in [-0.2, -0.15) is 0 Å².